The van der Waals surface area contributed by atoms with E-state index in [2.05, 4.69) is 9.15 Å². The maximum Gasteiger partial charge on any atom is 0.342 e. The lowest BCUT2D eigenvalue weighted by molar-refractivity contribution is 0.0583. The molecule has 0 aromatic carbocycles. The fraction of sp³-hybridized carbons (Fsp3) is 0.538. The van der Waals surface area contributed by atoms with Gasteiger partial charge in [0.2, 0.25) is 0 Å². The van der Waals surface area contributed by atoms with Crippen LogP contribution in [0.1, 0.15) is 59.2 Å². The molecule has 0 saturated heterocycles. The minimum Gasteiger partial charge on any atom is -0.478 e. The highest BCUT2D eigenvalue weighted by molar-refractivity contribution is 6.01. The minimum atomic E-state index is -1.22. The Morgan fingerprint density at radius 1 is 1.06 bits per heavy atom. The molecule has 2 fully saturated rings. The lowest BCUT2D eigenvalue weighted by Gasteiger charge is -1.94. The summed E-state index contributed by atoms with van der Waals surface area (Å²) in [4.78, 5) is 21.3. The third-order valence-electron chi connectivity index (χ3n) is 2.00. The lowest BCUT2D eigenvalue weighted by Crippen LogP contribution is -2.06. The molecule has 1 aromatic rings. The van der Waals surface area contributed by atoms with E-state index < -0.39 is 11.9 Å². The van der Waals surface area contributed by atoms with Gasteiger partial charge in [-0.3, -0.25) is 0 Å². The predicted molar refractivity (Wildman–Crippen MR) is 64.7 cm³/mol. The molecule has 0 amide bonds. The van der Waals surface area contributed by atoms with Crippen LogP contribution in [0.15, 0.2) is 16.9 Å². The maximum atomic E-state index is 10.9. The molecule has 0 radical (unpaired) electrons. The van der Waals surface area contributed by atoms with E-state index in [0.29, 0.717) is 0 Å². The van der Waals surface area contributed by atoms with Crippen molar-refractivity contribution in [2.24, 2.45) is 0 Å². The number of hydrogen-bond donors (Lipinski definition) is 1. The molecule has 2 aliphatic rings. The van der Waals surface area contributed by atoms with Crippen molar-refractivity contribution in [2.45, 2.75) is 38.5 Å². The molecule has 18 heavy (non-hydrogen) atoms. The Hall–Kier alpha value is -1.78. The quantitative estimate of drug-likeness (QED) is 0.820. The van der Waals surface area contributed by atoms with Gasteiger partial charge < -0.3 is 14.3 Å². The second kappa shape index (κ2) is 7.53. The minimum absolute atomic E-state index is 0.0787. The van der Waals surface area contributed by atoms with Gasteiger partial charge in [-0.05, 0) is 0 Å². The molecule has 1 aromatic heterocycles. The Morgan fingerprint density at radius 3 is 1.83 bits per heavy atom. The molecule has 0 bridgehead atoms. The second-order valence-electron chi connectivity index (χ2n) is 4.12. The highest BCUT2D eigenvalue weighted by atomic mass is 16.5. The van der Waals surface area contributed by atoms with E-state index in [9.17, 15) is 9.59 Å². The topological polar surface area (TPSA) is 76.7 Å². The highest BCUT2D eigenvalue weighted by Crippen LogP contribution is 2.15. The van der Waals surface area contributed by atoms with Crippen LogP contribution in [-0.2, 0) is 4.74 Å². The van der Waals surface area contributed by atoms with Gasteiger partial charge in [-0.1, -0.05) is 38.5 Å². The number of hydrogen-bond acceptors (Lipinski definition) is 4. The zero-order chi connectivity index (χ0) is 13.4. The summed E-state index contributed by atoms with van der Waals surface area (Å²) in [5, 5.41) is 8.53. The van der Waals surface area contributed by atoms with Gasteiger partial charge in [0, 0.05) is 0 Å². The molecule has 5 nitrogen and oxygen atoms in total. The lowest BCUT2D eigenvalue weighted by atomic mass is 10.2. The maximum absolute atomic E-state index is 10.9. The average Bonchev–Trinajstić information content (AvgIpc) is 3.22. The summed E-state index contributed by atoms with van der Waals surface area (Å²) >= 11 is 0. The zero-order valence-electron chi connectivity index (χ0n) is 10.5. The van der Waals surface area contributed by atoms with Crippen molar-refractivity contribution in [2.75, 3.05) is 7.11 Å². The SMILES string of the molecule is C1CC1.C1CC1.COC(=O)c1cocc1C(=O)O. The molecule has 5 heteroatoms. The first kappa shape index (κ1) is 14.3. The summed E-state index contributed by atoms with van der Waals surface area (Å²) in [6, 6.07) is 0. The monoisotopic (exact) mass is 254 g/mol. The van der Waals surface area contributed by atoms with E-state index in [0.717, 1.165) is 12.5 Å². The molecule has 0 atom stereocenters. The van der Waals surface area contributed by atoms with E-state index in [4.69, 9.17) is 5.11 Å². The van der Waals surface area contributed by atoms with Crippen molar-refractivity contribution < 1.29 is 23.8 Å². The predicted octanol–water partition coefficient (Wildman–Crippen LogP) is 3.11. The Labute approximate surface area is 106 Å². The van der Waals surface area contributed by atoms with Gasteiger partial charge in [0.05, 0.1) is 7.11 Å². The number of carboxylic acids is 1. The number of ether oxygens (including phenoxy) is 1. The molecule has 0 unspecified atom stereocenters. The largest absolute Gasteiger partial charge is 0.478 e. The third kappa shape index (κ3) is 6.08. The number of carbonyl (C=O) groups is 2. The van der Waals surface area contributed by atoms with Crippen LogP contribution in [0.2, 0.25) is 0 Å². The normalized spacial score (nSPS) is 14.3. The Morgan fingerprint density at radius 2 is 1.50 bits per heavy atom. The third-order valence-corrected chi connectivity index (χ3v) is 2.00. The summed E-state index contributed by atoms with van der Waals surface area (Å²) in [5.41, 5.74) is -0.271. The standard InChI is InChI=1S/C7H6O5.2C3H6/c1-11-7(10)5-3-12-2-4(5)6(8)9;2*1-2-3-1/h2-3H,1H3,(H,8,9);2*1-3H2. The molecule has 2 saturated carbocycles. The Bertz CT molecular complexity index is 378. The first-order valence-corrected chi connectivity index (χ1v) is 6.04. The molecule has 1 N–H and O–H groups in total. The van der Waals surface area contributed by atoms with Crippen LogP contribution in [0.4, 0.5) is 0 Å². The van der Waals surface area contributed by atoms with E-state index in [1.165, 1.54) is 45.6 Å². The summed E-state index contributed by atoms with van der Waals surface area (Å²) in [6.45, 7) is 0. The van der Waals surface area contributed by atoms with Crippen molar-refractivity contribution in [3.63, 3.8) is 0 Å². The summed E-state index contributed by atoms with van der Waals surface area (Å²) in [6.07, 6.45) is 11.0. The van der Waals surface area contributed by atoms with Crippen LogP contribution in [0.25, 0.3) is 0 Å². The first-order chi connectivity index (χ1) is 8.66. The van der Waals surface area contributed by atoms with Crippen LogP contribution >= 0.6 is 0 Å². The molecular weight excluding hydrogens is 236 g/mol. The van der Waals surface area contributed by atoms with E-state index in [-0.39, 0.29) is 11.1 Å². The van der Waals surface area contributed by atoms with Crippen LogP contribution in [0.3, 0.4) is 0 Å². The smallest absolute Gasteiger partial charge is 0.342 e. The fourth-order valence-electron chi connectivity index (χ4n) is 0.731. The zero-order valence-corrected chi connectivity index (χ0v) is 10.5. The molecule has 2 aliphatic carbocycles. The van der Waals surface area contributed by atoms with E-state index in [1.807, 2.05) is 0 Å². The summed E-state index contributed by atoms with van der Waals surface area (Å²) < 4.78 is 8.87. The molecule has 0 aliphatic heterocycles. The highest BCUT2D eigenvalue weighted by Gasteiger charge is 2.19. The van der Waals surface area contributed by atoms with Crippen LogP contribution in [0, 0.1) is 0 Å². The van der Waals surface area contributed by atoms with Gasteiger partial charge >= 0.3 is 11.9 Å². The van der Waals surface area contributed by atoms with Crippen molar-refractivity contribution >= 4 is 11.9 Å². The number of esters is 1. The molecular formula is C13H18O5. The number of methoxy groups -OCH3 is 1. The van der Waals surface area contributed by atoms with Crippen molar-refractivity contribution in [3.05, 3.63) is 23.7 Å². The van der Waals surface area contributed by atoms with Gasteiger partial charge in [0.1, 0.15) is 23.7 Å². The molecule has 0 spiro atoms. The summed E-state index contributed by atoms with van der Waals surface area (Å²) in [7, 11) is 1.17. The van der Waals surface area contributed by atoms with Gasteiger partial charge in [-0.25, -0.2) is 9.59 Å². The number of carbonyl (C=O) groups excluding carboxylic acids is 1. The molecule has 100 valence electrons. The van der Waals surface area contributed by atoms with Crippen LogP contribution in [0.5, 0.6) is 0 Å². The van der Waals surface area contributed by atoms with Crippen molar-refractivity contribution in [1.82, 2.24) is 0 Å². The second-order valence-corrected chi connectivity index (χ2v) is 4.12. The van der Waals surface area contributed by atoms with E-state index in [1.54, 1.807) is 0 Å². The molecule has 1 heterocycles. The van der Waals surface area contributed by atoms with Gasteiger partial charge in [0.25, 0.3) is 0 Å². The number of rotatable bonds is 2. The number of furan rings is 1. The van der Waals surface area contributed by atoms with Gasteiger partial charge in [0.15, 0.2) is 0 Å². The first-order valence-electron chi connectivity index (χ1n) is 6.04. The number of carboxylic acid groups (broad SMARTS) is 1. The number of aromatic carboxylic acids is 1. The average molecular weight is 254 g/mol. The van der Waals surface area contributed by atoms with Crippen molar-refractivity contribution in [3.8, 4) is 0 Å². The van der Waals surface area contributed by atoms with Gasteiger partial charge in [-0.15, -0.1) is 0 Å². The Balaban J connectivity index is 0.000000216. The molecule has 3 rings (SSSR count). The van der Waals surface area contributed by atoms with Crippen LogP contribution in [-0.4, -0.2) is 24.2 Å². The van der Waals surface area contributed by atoms with Gasteiger partial charge in [-0.2, -0.15) is 0 Å². The van der Waals surface area contributed by atoms with E-state index >= 15 is 0 Å². The fourth-order valence-corrected chi connectivity index (χ4v) is 0.731. The van der Waals surface area contributed by atoms with Crippen molar-refractivity contribution in [1.29, 1.82) is 0 Å². The Kier molecular flexibility index (Phi) is 5.97. The van der Waals surface area contributed by atoms with Crippen LogP contribution < -0.4 is 0 Å². The summed E-state index contributed by atoms with van der Waals surface area (Å²) in [5.74, 6) is -1.94.